The highest BCUT2D eigenvalue weighted by atomic mass is 14.7. The zero-order valence-electron chi connectivity index (χ0n) is 4.89. The molecule has 0 saturated heterocycles. The monoisotopic (exact) mass is 107 g/mol. The molecule has 0 amide bonds. The Morgan fingerprint density at radius 2 is 2.50 bits per heavy atom. The Morgan fingerprint density at radius 3 is 3.00 bits per heavy atom. The second-order valence-corrected chi connectivity index (χ2v) is 1.63. The van der Waals surface area contributed by atoms with Crippen LogP contribution in [0.15, 0.2) is 24.4 Å². The van der Waals surface area contributed by atoms with Crippen LogP contribution in [0.25, 0.3) is 6.08 Å². The summed E-state index contributed by atoms with van der Waals surface area (Å²) in [6, 6.07) is 4.01. The molecule has 1 N–H and O–H groups in total. The fourth-order valence-corrected chi connectivity index (χ4v) is 0.627. The molecule has 1 heterocycles. The predicted octanol–water partition coefficient (Wildman–Crippen LogP) is 2.05. The number of allylic oxidation sites excluding steroid dienone is 1. The smallest absolute Gasteiger partial charge is 0.0376 e. The average molecular weight is 107 g/mol. The SMILES string of the molecule is CC=Cc1ccc[nH]1. The van der Waals surface area contributed by atoms with Crippen molar-refractivity contribution in [3.8, 4) is 0 Å². The summed E-state index contributed by atoms with van der Waals surface area (Å²) in [5.74, 6) is 0. The quantitative estimate of drug-likeness (QED) is 0.565. The van der Waals surface area contributed by atoms with Crippen LogP contribution in [0.2, 0.25) is 0 Å². The molecule has 0 aromatic carbocycles. The van der Waals surface area contributed by atoms with E-state index in [0.717, 1.165) is 5.69 Å². The van der Waals surface area contributed by atoms with E-state index in [1.165, 1.54) is 0 Å². The zero-order chi connectivity index (χ0) is 5.82. The van der Waals surface area contributed by atoms with Gasteiger partial charge in [-0.25, -0.2) is 0 Å². The van der Waals surface area contributed by atoms with Gasteiger partial charge in [0, 0.05) is 11.9 Å². The molecule has 0 aliphatic heterocycles. The van der Waals surface area contributed by atoms with Crippen molar-refractivity contribution in [2.24, 2.45) is 0 Å². The molecule has 1 aromatic rings. The van der Waals surface area contributed by atoms with Crippen molar-refractivity contribution >= 4 is 6.08 Å². The molecule has 0 unspecified atom stereocenters. The first-order valence-electron chi connectivity index (χ1n) is 2.69. The van der Waals surface area contributed by atoms with Crippen molar-refractivity contribution in [2.75, 3.05) is 0 Å². The van der Waals surface area contributed by atoms with Crippen molar-refractivity contribution in [2.45, 2.75) is 6.92 Å². The highest BCUT2D eigenvalue weighted by Gasteiger charge is 1.78. The summed E-state index contributed by atoms with van der Waals surface area (Å²) in [7, 11) is 0. The third-order valence-corrected chi connectivity index (χ3v) is 0.968. The van der Waals surface area contributed by atoms with Crippen molar-refractivity contribution in [3.63, 3.8) is 0 Å². The lowest BCUT2D eigenvalue weighted by Crippen LogP contribution is -1.63. The molecule has 0 fully saturated rings. The highest BCUT2D eigenvalue weighted by Crippen LogP contribution is 1.95. The molecule has 0 radical (unpaired) electrons. The Bertz CT molecular complexity index is 161. The second-order valence-electron chi connectivity index (χ2n) is 1.63. The van der Waals surface area contributed by atoms with Gasteiger partial charge in [-0.1, -0.05) is 6.08 Å². The van der Waals surface area contributed by atoms with Gasteiger partial charge in [0.1, 0.15) is 0 Å². The van der Waals surface area contributed by atoms with E-state index in [2.05, 4.69) is 4.98 Å². The van der Waals surface area contributed by atoms with Crippen molar-refractivity contribution in [3.05, 3.63) is 30.1 Å². The maximum atomic E-state index is 3.05. The first kappa shape index (κ1) is 5.16. The molecule has 0 aliphatic rings. The maximum Gasteiger partial charge on any atom is 0.0376 e. The number of hydrogen-bond donors (Lipinski definition) is 1. The largest absolute Gasteiger partial charge is 0.362 e. The summed E-state index contributed by atoms with van der Waals surface area (Å²) in [5, 5.41) is 0. The minimum absolute atomic E-state index is 1.16. The molecule has 1 rings (SSSR count). The summed E-state index contributed by atoms with van der Waals surface area (Å²) in [6.45, 7) is 2.00. The van der Waals surface area contributed by atoms with E-state index in [0.29, 0.717) is 0 Å². The molecule has 42 valence electrons. The predicted molar refractivity (Wildman–Crippen MR) is 35.5 cm³/mol. The third-order valence-electron chi connectivity index (χ3n) is 0.968. The summed E-state index contributed by atoms with van der Waals surface area (Å²) in [5.41, 5.74) is 1.16. The van der Waals surface area contributed by atoms with E-state index in [1.807, 2.05) is 37.4 Å². The van der Waals surface area contributed by atoms with Gasteiger partial charge in [-0.2, -0.15) is 0 Å². The molecule has 0 spiro atoms. The first-order valence-corrected chi connectivity index (χ1v) is 2.69. The minimum atomic E-state index is 1.16. The summed E-state index contributed by atoms with van der Waals surface area (Å²) < 4.78 is 0. The van der Waals surface area contributed by atoms with Crippen LogP contribution < -0.4 is 0 Å². The third kappa shape index (κ3) is 0.997. The Morgan fingerprint density at radius 1 is 1.62 bits per heavy atom. The van der Waals surface area contributed by atoms with E-state index in [4.69, 9.17) is 0 Å². The Balaban J connectivity index is 2.77. The second kappa shape index (κ2) is 2.36. The molecular formula is C7H9N. The fourth-order valence-electron chi connectivity index (χ4n) is 0.627. The molecule has 0 bridgehead atoms. The highest BCUT2D eigenvalue weighted by molar-refractivity contribution is 5.43. The summed E-state index contributed by atoms with van der Waals surface area (Å²) >= 11 is 0. The summed E-state index contributed by atoms with van der Waals surface area (Å²) in [6.07, 6.45) is 5.95. The van der Waals surface area contributed by atoms with Gasteiger partial charge in [0.05, 0.1) is 0 Å². The lowest BCUT2D eigenvalue weighted by molar-refractivity contribution is 1.37. The minimum Gasteiger partial charge on any atom is -0.362 e. The molecule has 0 aliphatic carbocycles. The van der Waals surface area contributed by atoms with Crippen LogP contribution in [0.3, 0.4) is 0 Å². The van der Waals surface area contributed by atoms with E-state index >= 15 is 0 Å². The van der Waals surface area contributed by atoms with Gasteiger partial charge in [0.15, 0.2) is 0 Å². The van der Waals surface area contributed by atoms with Crippen molar-refractivity contribution < 1.29 is 0 Å². The van der Waals surface area contributed by atoms with Gasteiger partial charge < -0.3 is 4.98 Å². The molecule has 1 heteroatoms. The average Bonchev–Trinajstić information content (AvgIpc) is 2.19. The molecule has 0 saturated carbocycles. The Kier molecular flexibility index (Phi) is 1.52. The van der Waals surface area contributed by atoms with Gasteiger partial charge in [0.2, 0.25) is 0 Å². The van der Waals surface area contributed by atoms with Gasteiger partial charge in [-0.05, 0) is 25.1 Å². The number of aromatic amines is 1. The standard InChI is InChI=1S/C7H9N/c1-2-4-7-5-3-6-8-7/h2-6,8H,1H3. The van der Waals surface area contributed by atoms with Crippen LogP contribution >= 0.6 is 0 Å². The van der Waals surface area contributed by atoms with Gasteiger partial charge >= 0.3 is 0 Å². The zero-order valence-corrected chi connectivity index (χ0v) is 4.89. The maximum absolute atomic E-state index is 3.05. The number of aromatic nitrogens is 1. The number of hydrogen-bond acceptors (Lipinski definition) is 0. The van der Waals surface area contributed by atoms with Crippen LogP contribution in [0.5, 0.6) is 0 Å². The van der Waals surface area contributed by atoms with Crippen LogP contribution in [0.4, 0.5) is 0 Å². The summed E-state index contributed by atoms with van der Waals surface area (Å²) in [4.78, 5) is 3.05. The van der Waals surface area contributed by atoms with Crippen molar-refractivity contribution in [1.29, 1.82) is 0 Å². The van der Waals surface area contributed by atoms with E-state index in [9.17, 15) is 0 Å². The molecule has 1 aromatic heterocycles. The number of nitrogens with one attached hydrogen (secondary N) is 1. The number of rotatable bonds is 1. The van der Waals surface area contributed by atoms with Gasteiger partial charge in [-0.3, -0.25) is 0 Å². The number of H-pyrrole nitrogens is 1. The van der Waals surface area contributed by atoms with Crippen LogP contribution in [0, 0.1) is 0 Å². The first-order chi connectivity index (χ1) is 3.93. The van der Waals surface area contributed by atoms with Crippen molar-refractivity contribution in [1.82, 2.24) is 4.98 Å². The topological polar surface area (TPSA) is 15.8 Å². The Labute approximate surface area is 49.0 Å². The molecule has 1 nitrogen and oxygen atoms in total. The van der Waals surface area contributed by atoms with E-state index in [-0.39, 0.29) is 0 Å². The van der Waals surface area contributed by atoms with Crippen LogP contribution in [0.1, 0.15) is 12.6 Å². The van der Waals surface area contributed by atoms with Gasteiger partial charge in [0.25, 0.3) is 0 Å². The Hall–Kier alpha value is -0.980. The van der Waals surface area contributed by atoms with Crippen LogP contribution in [-0.4, -0.2) is 4.98 Å². The molecule has 0 atom stereocenters. The van der Waals surface area contributed by atoms with E-state index < -0.39 is 0 Å². The normalized spacial score (nSPS) is 10.6. The fraction of sp³-hybridized carbons (Fsp3) is 0.143. The lowest BCUT2D eigenvalue weighted by Gasteiger charge is -1.77. The van der Waals surface area contributed by atoms with E-state index in [1.54, 1.807) is 0 Å². The molecular weight excluding hydrogens is 98.1 g/mol. The lowest BCUT2D eigenvalue weighted by atomic mass is 10.4. The van der Waals surface area contributed by atoms with Gasteiger partial charge in [-0.15, -0.1) is 0 Å². The molecule has 8 heavy (non-hydrogen) atoms. The van der Waals surface area contributed by atoms with Crippen LogP contribution in [-0.2, 0) is 0 Å².